The number of rotatable bonds is 8. The molecule has 0 aliphatic rings. The van der Waals surface area contributed by atoms with Crippen molar-refractivity contribution in [2.45, 2.75) is 51.9 Å². The number of hydrogen-bond donors (Lipinski definition) is 4. The topological polar surface area (TPSA) is 147 Å². The molecule has 10 heteroatoms. The Balaban J connectivity index is 1.95. The van der Waals surface area contributed by atoms with Gasteiger partial charge in [-0.1, -0.05) is 30.3 Å². The lowest BCUT2D eigenvalue weighted by Crippen LogP contribution is -2.44. The van der Waals surface area contributed by atoms with Crippen molar-refractivity contribution in [3.05, 3.63) is 42.0 Å². The van der Waals surface area contributed by atoms with Gasteiger partial charge in [0.15, 0.2) is 11.6 Å². The van der Waals surface area contributed by atoms with Gasteiger partial charge < -0.3 is 29.7 Å². The van der Waals surface area contributed by atoms with Gasteiger partial charge in [-0.15, -0.1) is 0 Å². The quantitative estimate of drug-likeness (QED) is 0.464. The number of carbonyl (C=O) groups excluding carboxylic acids is 3. The summed E-state index contributed by atoms with van der Waals surface area (Å²) in [6, 6.07) is 8.85. The molecule has 0 saturated heterocycles. The molecule has 1 amide bonds. The first-order valence-corrected chi connectivity index (χ1v) is 9.55. The molecule has 1 atom stereocenters. The number of esters is 2. The van der Waals surface area contributed by atoms with Crippen LogP contribution in [-0.4, -0.2) is 44.9 Å². The van der Waals surface area contributed by atoms with Crippen LogP contribution in [0.3, 0.4) is 0 Å². The summed E-state index contributed by atoms with van der Waals surface area (Å²) < 4.78 is 15.3. The van der Waals surface area contributed by atoms with E-state index in [9.17, 15) is 24.6 Å². The molecule has 1 heterocycles. The molecular formula is C21H26N2O8. The third-order valence-electron chi connectivity index (χ3n) is 3.80. The zero-order valence-corrected chi connectivity index (χ0v) is 17.5. The van der Waals surface area contributed by atoms with Gasteiger partial charge in [-0.05, 0) is 32.8 Å². The number of carbonyl (C=O) groups is 3. The highest BCUT2D eigenvalue weighted by atomic mass is 16.6. The Hall–Kier alpha value is -3.69. The lowest BCUT2D eigenvalue weighted by atomic mass is 10.1. The molecule has 0 spiro atoms. The lowest BCUT2D eigenvalue weighted by molar-refractivity contribution is -0.157. The van der Waals surface area contributed by atoms with E-state index < -0.39 is 35.6 Å². The second-order valence-electron chi connectivity index (χ2n) is 7.67. The molecule has 0 aliphatic carbocycles. The van der Waals surface area contributed by atoms with Crippen LogP contribution in [0.25, 0.3) is 0 Å². The summed E-state index contributed by atoms with van der Waals surface area (Å²) in [5, 5.41) is 21.2. The van der Waals surface area contributed by atoms with Gasteiger partial charge in [-0.2, -0.15) is 0 Å². The fraction of sp³-hybridized carbons (Fsp3) is 0.381. The number of H-pyrrole nitrogens is 1. The largest absolute Gasteiger partial charge is 0.494 e. The van der Waals surface area contributed by atoms with Crippen molar-refractivity contribution < 1.29 is 38.8 Å². The van der Waals surface area contributed by atoms with E-state index in [1.807, 2.05) is 6.07 Å². The lowest BCUT2D eigenvalue weighted by Gasteiger charge is -2.24. The number of benzene rings is 1. The average Bonchev–Trinajstić information content (AvgIpc) is 2.99. The number of aromatic nitrogens is 1. The molecule has 2 aromatic rings. The van der Waals surface area contributed by atoms with E-state index in [4.69, 9.17) is 14.2 Å². The molecule has 2 rings (SSSR count). The molecular weight excluding hydrogens is 408 g/mol. The highest BCUT2D eigenvalue weighted by Gasteiger charge is 2.28. The second kappa shape index (κ2) is 10.4. The van der Waals surface area contributed by atoms with E-state index in [0.29, 0.717) is 0 Å². The molecule has 168 valence electrons. The molecule has 0 saturated carbocycles. The van der Waals surface area contributed by atoms with E-state index in [0.717, 1.165) is 11.6 Å². The minimum atomic E-state index is -1.16. The molecule has 0 unspecified atom stereocenters. The summed E-state index contributed by atoms with van der Waals surface area (Å²) >= 11 is 0. The van der Waals surface area contributed by atoms with Gasteiger partial charge in [0.25, 0.3) is 0 Å². The third kappa shape index (κ3) is 8.29. The zero-order chi connectivity index (χ0) is 23.0. The Labute approximate surface area is 179 Å². The number of amides is 1. The summed E-state index contributed by atoms with van der Waals surface area (Å²) in [7, 11) is 0. The summed E-state index contributed by atoms with van der Waals surface area (Å²) in [5.74, 6) is -2.68. The van der Waals surface area contributed by atoms with Crippen LogP contribution in [0.15, 0.2) is 36.4 Å². The second-order valence-corrected chi connectivity index (χ2v) is 7.67. The molecule has 1 aromatic carbocycles. The first-order chi connectivity index (χ1) is 14.5. The molecule has 31 heavy (non-hydrogen) atoms. The van der Waals surface area contributed by atoms with Gasteiger partial charge in [-0.25, -0.2) is 9.59 Å². The number of aromatic amines is 1. The Morgan fingerprint density at radius 2 is 1.81 bits per heavy atom. The van der Waals surface area contributed by atoms with Gasteiger partial charge in [0.2, 0.25) is 5.88 Å². The molecule has 1 aromatic heterocycles. The Bertz CT molecular complexity index is 902. The van der Waals surface area contributed by atoms with Crippen molar-refractivity contribution in [2.24, 2.45) is 0 Å². The molecule has 4 N–H and O–H groups in total. The molecule has 0 fully saturated rings. The van der Waals surface area contributed by atoms with E-state index in [2.05, 4.69) is 10.3 Å². The third-order valence-corrected chi connectivity index (χ3v) is 3.80. The van der Waals surface area contributed by atoms with Crippen molar-refractivity contribution in [1.29, 1.82) is 0 Å². The average molecular weight is 434 g/mol. The molecule has 0 bridgehead atoms. The number of alkyl carbamates (subject to hydrolysis) is 1. The summed E-state index contributed by atoms with van der Waals surface area (Å²) in [5.41, 5.74) is -0.0375. The summed E-state index contributed by atoms with van der Waals surface area (Å²) in [6.07, 6.45) is -1.26. The minimum absolute atomic E-state index is 0.00597. The van der Waals surface area contributed by atoms with Crippen molar-refractivity contribution in [2.75, 3.05) is 0 Å². The highest BCUT2D eigenvalue weighted by molar-refractivity contribution is 5.82. The first-order valence-electron chi connectivity index (χ1n) is 9.55. The number of aromatic hydroxyl groups is 2. The van der Waals surface area contributed by atoms with Gasteiger partial charge in [0.05, 0.1) is 0 Å². The van der Waals surface area contributed by atoms with Crippen LogP contribution in [-0.2, 0) is 25.7 Å². The van der Waals surface area contributed by atoms with Crippen LogP contribution in [0.1, 0.15) is 39.2 Å². The maximum absolute atomic E-state index is 12.5. The predicted octanol–water partition coefficient (Wildman–Crippen LogP) is 2.75. The summed E-state index contributed by atoms with van der Waals surface area (Å²) in [6.45, 7) is 5.02. The van der Waals surface area contributed by atoms with Crippen LogP contribution in [0.4, 0.5) is 4.79 Å². The van der Waals surface area contributed by atoms with Gasteiger partial charge in [-0.3, -0.25) is 9.78 Å². The van der Waals surface area contributed by atoms with Crippen LogP contribution < -0.4 is 10.1 Å². The SMILES string of the molecule is CC(C)(C)OC(=O)[C@H](CCC(=O)Oc1cc(O)[nH]c1O)NC(=O)OCc1ccccc1. The Morgan fingerprint density at radius 1 is 1.13 bits per heavy atom. The number of hydrogen-bond acceptors (Lipinski definition) is 8. The molecule has 0 radical (unpaired) electrons. The van der Waals surface area contributed by atoms with Crippen LogP contribution in [0.5, 0.6) is 17.5 Å². The van der Waals surface area contributed by atoms with E-state index >= 15 is 0 Å². The Kier molecular flexibility index (Phi) is 7.89. The smallest absolute Gasteiger partial charge is 0.408 e. The van der Waals surface area contributed by atoms with Crippen molar-refractivity contribution >= 4 is 18.0 Å². The maximum Gasteiger partial charge on any atom is 0.408 e. The number of nitrogens with one attached hydrogen (secondary N) is 2. The van der Waals surface area contributed by atoms with Gasteiger partial charge >= 0.3 is 18.0 Å². The van der Waals surface area contributed by atoms with E-state index in [1.165, 1.54) is 0 Å². The zero-order valence-electron chi connectivity index (χ0n) is 17.5. The fourth-order valence-corrected chi connectivity index (χ4v) is 2.45. The van der Waals surface area contributed by atoms with Crippen molar-refractivity contribution in [1.82, 2.24) is 10.3 Å². The van der Waals surface area contributed by atoms with Gasteiger partial charge in [0, 0.05) is 12.5 Å². The van der Waals surface area contributed by atoms with Crippen LogP contribution >= 0.6 is 0 Å². The predicted molar refractivity (Wildman–Crippen MR) is 108 cm³/mol. The summed E-state index contributed by atoms with van der Waals surface area (Å²) in [4.78, 5) is 38.9. The van der Waals surface area contributed by atoms with E-state index in [-0.39, 0.29) is 31.1 Å². The van der Waals surface area contributed by atoms with Crippen LogP contribution in [0, 0.1) is 0 Å². The maximum atomic E-state index is 12.5. The van der Waals surface area contributed by atoms with Crippen molar-refractivity contribution in [3.8, 4) is 17.5 Å². The first kappa shape index (κ1) is 23.6. The van der Waals surface area contributed by atoms with Crippen molar-refractivity contribution in [3.63, 3.8) is 0 Å². The van der Waals surface area contributed by atoms with Gasteiger partial charge in [0.1, 0.15) is 18.2 Å². The standard InChI is InChI=1S/C21H26N2O8/c1-21(2,3)31-19(27)14(22-20(28)29-12-13-7-5-4-6-8-13)9-10-17(25)30-15-11-16(24)23-18(15)26/h4-8,11,14,23-24,26H,9-10,12H2,1-3H3,(H,22,28)/t14-/m0/s1. The monoisotopic (exact) mass is 434 g/mol. The Morgan fingerprint density at radius 3 is 2.39 bits per heavy atom. The highest BCUT2D eigenvalue weighted by Crippen LogP contribution is 2.29. The van der Waals surface area contributed by atoms with Crippen LogP contribution in [0.2, 0.25) is 0 Å². The number of ether oxygens (including phenoxy) is 3. The van der Waals surface area contributed by atoms with E-state index in [1.54, 1.807) is 45.0 Å². The fourth-order valence-electron chi connectivity index (χ4n) is 2.45. The molecule has 10 nitrogen and oxygen atoms in total. The minimum Gasteiger partial charge on any atom is -0.494 e. The molecule has 0 aliphatic heterocycles. The normalized spacial score (nSPS) is 12.0.